The second-order valence-corrected chi connectivity index (χ2v) is 3.19. The molecule has 0 spiro atoms. The van der Waals surface area contributed by atoms with Gasteiger partial charge in [-0.25, -0.2) is 0 Å². The number of nitrogens with one attached hydrogen (secondary N) is 1. The maximum Gasteiger partial charge on any atom is 0.120 e. The summed E-state index contributed by atoms with van der Waals surface area (Å²) >= 11 is 0. The molecule has 1 aromatic rings. The van der Waals surface area contributed by atoms with Crippen LogP contribution in [0.2, 0.25) is 0 Å². The highest BCUT2D eigenvalue weighted by Gasteiger charge is 2.08. The molecule has 1 rings (SSSR count). The average molecular weight is 183 g/mol. The molecule has 0 aliphatic rings. The number of furan rings is 1. The van der Waals surface area contributed by atoms with Gasteiger partial charge in [-0.15, -0.1) is 0 Å². The molecule has 0 saturated heterocycles. The Hall–Kier alpha value is -0.800. The molecule has 0 fully saturated rings. The lowest BCUT2D eigenvalue weighted by atomic mass is 10.2. The molecule has 0 aliphatic heterocycles. The summed E-state index contributed by atoms with van der Waals surface area (Å²) in [5, 5.41) is 3.32. The summed E-state index contributed by atoms with van der Waals surface area (Å²) < 4.78 is 10.4. The van der Waals surface area contributed by atoms with Crippen LogP contribution in [0.3, 0.4) is 0 Å². The van der Waals surface area contributed by atoms with Crippen LogP contribution >= 0.6 is 0 Å². The van der Waals surface area contributed by atoms with Gasteiger partial charge >= 0.3 is 0 Å². The van der Waals surface area contributed by atoms with Crippen molar-refractivity contribution < 1.29 is 9.15 Å². The van der Waals surface area contributed by atoms with Crippen molar-refractivity contribution in [3.63, 3.8) is 0 Å². The number of hydrogen-bond donors (Lipinski definition) is 1. The second kappa shape index (κ2) is 5.04. The van der Waals surface area contributed by atoms with Crippen molar-refractivity contribution >= 4 is 0 Å². The van der Waals surface area contributed by atoms with Crippen molar-refractivity contribution in [3.8, 4) is 0 Å². The Balaban J connectivity index is 2.30. The van der Waals surface area contributed by atoms with Gasteiger partial charge in [0, 0.05) is 13.7 Å². The standard InChI is InChI=1S/C10H17NO2/c1-8(12-3)7-11-9(2)10-5-4-6-13-10/h4-6,8-9,11H,7H2,1-3H3. The molecule has 0 amide bonds. The van der Waals surface area contributed by atoms with Gasteiger partial charge < -0.3 is 14.5 Å². The van der Waals surface area contributed by atoms with Crippen LogP contribution in [0, 0.1) is 0 Å². The molecule has 2 unspecified atom stereocenters. The Morgan fingerprint density at radius 1 is 1.54 bits per heavy atom. The van der Waals surface area contributed by atoms with Gasteiger partial charge in [-0.3, -0.25) is 0 Å². The van der Waals surface area contributed by atoms with E-state index in [9.17, 15) is 0 Å². The zero-order chi connectivity index (χ0) is 9.68. The van der Waals surface area contributed by atoms with E-state index in [1.54, 1.807) is 13.4 Å². The third-order valence-corrected chi connectivity index (χ3v) is 2.08. The second-order valence-electron chi connectivity index (χ2n) is 3.19. The maximum atomic E-state index is 5.26. The molecule has 2 atom stereocenters. The van der Waals surface area contributed by atoms with Crippen LogP contribution in [0.1, 0.15) is 25.6 Å². The summed E-state index contributed by atoms with van der Waals surface area (Å²) in [4.78, 5) is 0. The summed E-state index contributed by atoms with van der Waals surface area (Å²) in [5.41, 5.74) is 0. The van der Waals surface area contributed by atoms with E-state index in [-0.39, 0.29) is 12.1 Å². The van der Waals surface area contributed by atoms with Crippen LogP contribution < -0.4 is 5.32 Å². The highest BCUT2D eigenvalue weighted by atomic mass is 16.5. The van der Waals surface area contributed by atoms with Gasteiger partial charge in [-0.2, -0.15) is 0 Å². The van der Waals surface area contributed by atoms with Crippen LogP contribution in [-0.4, -0.2) is 19.8 Å². The predicted octanol–water partition coefficient (Wildman–Crippen LogP) is 1.97. The molecular weight excluding hydrogens is 166 g/mol. The molecule has 3 nitrogen and oxygen atoms in total. The fourth-order valence-corrected chi connectivity index (χ4v) is 1.06. The predicted molar refractivity (Wildman–Crippen MR) is 51.6 cm³/mol. The molecule has 1 heterocycles. The minimum Gasteiger partial charge on any atom is -0.468 e. The van der Waals surface area contributed by atoms with Crippen molar-refractivity contribution in [1.82, 2.24) is 5.32 Å². The quantitative estimate of drug-likeness (QED) is 0.757. The summed E-state index contributed by atoms with van der Waals surface area (Å²) in [7, 11) is 1.71. The third-order valence-electron chi connectivity index (χ3n) is 2.08. The first-order valence-corrected chi connectivity index (χ1v) is 4.53. The number of rotatable bonds is 5. The number of ether oxygens (including phenoxy) is 1. The Morgan fingerprint density at radius 2 is 2.31 bits per heavy atom. The maximum absolute atomic E-state index is 5.26. The van der Waals surface area contributed by atoms with Gasteiger partial charge in [0.25, 0.3) is 0 Å². The van der Waals surface area contributed by atoms with E-state index in [4.69, 9.17) is 9.15 Å². The lowest BCUT2D eigenvalue weighted by Crippen LogP contribution is -2.28. The fraction of sp³-hybridized carbons (Fsp3) is 0.600. The highest BCUT2D eigenvalue weighted by molar-refractivity contribution is 5.02. The van der Waals surface area contributed by atoms with Crippen molar-refractivity contribution in [2.75, 3.05) is 13.7 Å². The Kier molecular flexibility index (Phi) is 3.99. The van der Waals surface area contributed by atoms with Crippen LogP contribution in [0.5, 0.6) is 0 Å². The topological polar surface area (TPSA) is 34.4 Å². The molecule has 1 N–H and O–H groups in total. The fourth-order valence-electron chi connectivity index (χ4n) is 1.06. The van der Waals surface area contributed by atoms with Gasteiger partial charge in [0.05, 0.1) is 18.4 Å². The monoisotopic (exact) mass is 183 g/mol. The normalized spacial score (nSPS) is 15.6. The van der Waals surface area contributed by atoms with E-state index in [1.165, 1.54) is 0 Å². The summed E-state index contributed by atoms with van der Waals surface area (Å²) in [5.74, 6) is 0.961. The van der Waals surface area contributed by atoms with Crippen molar-refractivity contribution in [1.29, 1.82) is 0 Å². The lowest BCUT2D eigenvalue weighted by molar-refractivity contribution is 0.114. The van der Waals surface area contributed by atoms with E-state index in [2.05, 4.69) is 12.2 Å². The van der Waals surface area contributed by atoms with Crippen LogP contribution in [0.15, 0.2) is 22.8 Å². The first-order valence-electron chi connectivity index (χ1n) is 4.53. The number of methoxy groups -OCH3 is 1. The smallest absolute Gasteiger partial charge is 0.120 e. The molecule has 3 heteroatoms. The summed E-state index contributed by atoms with van der Waals surface area (Å²) in [6.07, 6.45) is 1.92. The minimum absolute atomic E-state index is 0.234. The first-order chi connectivity index (χ1) is 6.24. The number of hydrogen-bond acceptors (Lipinski definition) is 3. The SMILES string of the molecule is COC(C)CNC(C)c1ccco1. The zero-order valence-electron chi connectivity index (χ0n) is 8.41. The minimum atomic E-state index is 0.234. The van der Waals surface area contributed by atoms with E-state index in [0.29, 0.717) is 0 Å². The van der Waals surface area contributed by atoms with Gasteiger partial charge in [0.2, 0.25) is 0 Å². The Labute approximate surface area is 79.1 Å². The van der Waals surface area contributed by atoms with Gasteiger partial charge in [-0.05, 0) is 26.0 Å². The molecule has 0 aliphatic carbocycles. The van der Waals surface area contributed by atoms with Gasteiger partial charge in [-0.1, -0.05) is 0 Å². The third kappa shape index (κ3) is 3.20. The Morgan fingerprint density at radius 3 is 2.85 bits per heavy atom. The largest absolute Gasteiger partial charge is 0.468 e. The molecule has 13 heavy (non-hydrogen) atoms. The lowest BCUT2D eigenvalue weighted by Gasteiger charge is -2.14. The first kappa shape index (κ1) is 10.3. The molecule has 74 valence electrons. The molecule has 0 aromatic carbocycles. The average Bonchev–Trinajstić information content (AvgIpc) is 2.66. The van der Waals surface area contributed by atoms with E-state index in [0.717, 1.165) is 12.3 Å². The Bertz CT molecular complexity index is 221. The van der Waals surface area contributed by atoms with Crippen LogP contribution in [0.4, 0.5) is 0 Å². The van der Waals surface area contributed by atoms with E-state index >= 15 is 0 Å². The van der Waals surface area contributed by atoms with E-state index < -0.39 is 0 Å². The summed E-state index contributed by atoms with van der Waals surface area (Å²) in [6, 6.07) is 4.11. The van der Waals surface area contributed by atoms with Gasteiger partial charge in [0.15, 0.2) is 0 Å². The zero-order valence-corrected chi connectivity index (χ0v) is 8.41. The van der Waals surface area contributed by atoms with Crippen molar-refractivity contribution in [3.05, 3.63) is 24.2 Å². The van der Waals surface area contributed by atoms with Gasteiger partial charge in [0.1, 0.15) is 5.76 Å². The molecule has 0 radical (unpaired) electrons. The van der Waals surface area contributed by atoms with Crippen LogP contribution in [-0.2, 0) is 4.74 Å². The summed E-state index contributed by atoms with van der Waals surface area (Å²) in [6.45, 7) is 4.93. The molecular formula is C10H17NO2. The van der Waals surface area contributed by atoms with Crippen LogP contribution in [0.25, 0.3) is 0 Å². The highest BCUT2D eigenvalue weighted by Crippen LogP contribution is 2.11. The van der Waals surface area contributed by atoms with Crippen molar-refractivity contribution in [2.45, 2.75) is 26.0 Å². The molecule has 1 aromatic heterocycles. The van der Waals surface area contributed by atoms with E-state index in [1.807, 2.05) is 19.1 Å². The van der Waals surface area contributed by atoms with Crippen molar-refractivity contribution in [2.24, 2.45) is 0 Å². The molecule has 0 saturated carbocycles. The molecule has 0 bridgehead atoms.